The van der Waals surface area contributed by atoms with Crippen molar-refractivity contribution < 1.29 is 38.7 Å². The average molecular weight is 887 g/mol. The summed E-state index contributed by atoms with van der Waals surface area (Å²) in [5.74, 6) is -4.41. The molecule has 14 nitrogen and oxygen atoms in total. The molecule has 6 amide bonds. The number of amides is 6. The Morgan fingerprint density at radius 2 is 1.11 bits per heavy atom. The Morgan fingerprint density at radius 1 is 0.594 bits per heavy atom. The molecule has 0 unspecified atom stereocenters. The van der Waals surface area contributed by atoms with Crippen molar-refractivity contribution in [3.05, 3.63) is 148 Å². The summed E-state index contributed by atoms with van der Waals surface area (Å²) in [6, 6.07) is 32.1. The Labute approximate surface area is 376 Å². The summed E-state index contributed by atoms with van der Waals surface area (Å²) in [5.41, 5.74) is 2.93. The van der Waals surface area contributed by atoms with Crippen LogP contribution in [0.1, 0.15) is 55.2 Å². The number of carboxylic acid groups (broad SMARTS) is 1. The maximum Gasteiger partial charge on any atom is 0.328 e. The van der Waals surface area contributed by atoms with Crippen molar-refractivity contribution in [3.8, 4) is 11.1 Å². The smallest absolute Gasteiger partial charge is 0.328 e. The number of rotatable bonds is 23. The first kappa shape index (κ1) is 47.9. The Kier molecular flexibility index (Phi) is 17.5. The van der Waals surface area contributed by atoms with E-state index >= 15 is 0 Å². The number of anilines is 1. The van der Waals surface area contributed by atoms with Crippen LogP contribution in [-0.4, -0.2) is 76.7 Å². The molecule has 7 N–H and O–H groups in total. The number of thiophene rings is 1. The van der Waals surface area contributed by atoms with Gasteiger partial charge in [-0.1, -0.05) is 110 Å². The fraction of sp³-hybridized carbons (Fsp3) is 0.286. The molecule has 0 bridgehead atoms. The molecule has 0 saturated heterocycles. The van der Waals surface area contributed by atoms with Crippen LogP contribution in [0.4, 0.5) is 5.69 Å². The van der Waals surface area contributed by atoms with Gasteiger partial charge in [0.2, 0.25) is 35.9 Å². The molecule has 15 heteroatoms. The molecule has 0 saturated carbocycles. The van der Waals surface area contributed by atoms with Crippen LogP contribution in [-0.2, 0) is 59.2 Å². The lowest BCUT2D eigenvalue weighted by molar-refractivity contribution is -0.146. The zero-order chi connectivity index (χ0) is 46.1. The Balaban J connectivity index is 1.46. The molecule has 0 aliphatic heterocycles. The van der Waals surface area contributed by atoms with E-state index in [9.17, 15) is 38.7 Å². The van der Waals surface area contributed by atoms with Crippen molar-refractivity contribution in [1.29, 1.82) is 0 Å². The van der Waals surface area contributed by atoms with Crippen LogP contribution in [0.15, 0.2) is 127 Å². The highest BCUT2D eigenvalue weighted by atomic mass is 32.1. The molecule has 5 aromatic rings. The number of carbonyl (C=O) groups is 7. The lowest BCUT2D eigenvalue weighted by Gasteiger charge is -2.28. The minimum atomic E-state index is -1.69. The van der Waals surface area contributed by atoms with Gasteiger partial charge in [0.1, 0.15) is 29.7 Å². The van der Waals surface area contributed by atoms with E-state index in [-0.39, 0.29) is 38.0 Å². The van der Waals surface area contributed by atoms with Crippen LogP contribution >= 0.6 is 11.3 Å². The number of benzene rings is 4. The first-order valence-electron chi connectivity index (χ1n) is 21.0. The van der Waals surface area contributed by atoms with Crippen molar-refractivity contribution in [2.45, 2.75) is 89.0 Å². The maximum absolute atomic E-state index is 14.6. The van der Waals surface area contributed by atoms with Crippen LogP contribution in [0.3, 0.4) is 0 Å². The zero-order valence-electron chi connectivity index (χ0n) is 36.0. The molecule has 0 aliphatic carbocycles. The van der Waals surface area contributed by atoms with Gasteiger partial charge in [0.25, 0.3) is 0 Å². The van der Waals surface area contributed by atoms with Crippen molar-refractivity contribution in [1.82, 2.24) is 26.6 Å². The molecule has 4 aromatic carbocycles. The minimum Gasteiger partial charge on any atom is -0.480 e. The molecule has 0 spiro atoms. The van der Waals surface area contributed by atoms with E-state index in [1.54, 1.807) is 31.2 Å². The van der Waals surface area contributed by atoms with E-state index in [1.165, 1.54) is 25.2 Å². The van der Waals surface area contributed by atoms with E-state index in [0.717, 1.165) is 21.6 Å². The largest absolute Gasteiger partial charge is 0.480 e. The van der Waals surface area contributed by atoms with Crippen LogP contribution in [0.25, 0.3) is 11.1 Å². The summed E-state index contributed by atoms with van der Waals surface area (Å²) in [6.07, 6.45) is 1.24. The van der Waals surface area contributed by atoms with Crippen LogP contribution in [0.5, 0.6) is 0 Å². The molecular weight excluding hydrogens is 833 g/mol. The van der Waals surface area contributed by atoms with Gasteiger partial charge in [-0.25, -0.2) is 4.79 Å². The van der Waals surface area contributed by atoms with Gasteiger partial charge in [-0.15, -0.1) is 11.3 Å². The monoisotopic (exact) mass is 886 g/mol. The third kappa shape index (κ3) is 14.5. The number of hydrogen-bond donors (Lipinski definition) is 7. The van der Waals surface area contributed by atoms with E-state index in [1.807, 2.05) is 102 Å². The van der Waals surface area contributed by atoms with Crippen molar-refractivity contribution in [2.24, 2.45) is 0 Å². The van der Waals surface area contributed by atoms with Gasteiger partial charge in [-0.3, -0.25) is 28.8 Å². The topological polar surface area (TPSA) is 212 Å². The number of carbonyl (C=O) groups excluding carboxylic acids is 6. The van der Waals surface area contributed by atoms with E-state index in [4.69, 9.17) is 0 Å². The normalized spacial score (nSPS) is 12.9. The highest BCUT2D eigenvalue weighted by Gasteiger charge is 2.35. The molecular formula is C49H54N6O8S. The second-order valence-corrected chi connectivity index (χ2v) is 16.8. The molecule has 0 radical (unpaired) electrons. The predicted molar refractivity (Wildman–Crippen MR) is 246 cm³/mol. The maximum atomic E-state index is 14.6. The van der Waals surface area contributed by atoms with Crippen molar-refractivity contribution in [2.75, 3.05) is 5.32 Å². The zero-order valence-corrected chi connectivity index (χ0v) is 36.8. The minimum absolute atomic E-state index is 0.0252. The van der Waals surface area contributed by atoms with Gasteiger partial charge in [-0.2, -0.15) is 0 Å². The third-order valence-electron chi connectivity index (χ3n) is 10.5. The molecule has 5 rings (SSSR count). The van der Waals surface area contributed by atoms with Gasteiger partial charge in [0.05, 0.1) is 0 Å². The van der Waals surface area contributed by atoms with Gasteiger partial charge in [0, 0.05) is 36.2 Å². The lowest BCUT2D eigenvalue weighted by atomic mass is 9.98. The van der Waals surface area contributed by atoms with E-state index in [0.29, 0.717) is 29.6 Å². The standard InChI is InChI=1S/C49H54N6O8S/c1-4-43(57)51-42(30-38-16-11-27-64-38)46(60)53-40(28-33-17-22-36(23-18-33)35-14-9-6-10-15-35)45(59)52-39(26-21-32-12-7-5-8-13-32)44(58)54-41(47(61)55-49(2,3)48(62)63)29-34-19-24-37(25-20-34)50-31-56/h5-20,22-25,27,31,39-42H,4,21,26,28-30H2,1-3H3,(H,50,56)(H,51,57)(H,52,59)(H,53,60)(H,54,58)(H,55,61)(H,62,63)/t39-,40+,41+,42-/m1/s1. The highest BCUT2D eigenvalue weighted by molar-refractivity contribution is 7.09. The molecule has 1 aromatic heterocycles. The van der Waals surface area contributed by atoms with Gasteiger partial charge in [-0.05, 0) is 78.1 Å². The second kappa shape index (κ2) is 23.4. The van der Waals surface area contributed by atoms with Gasteiger partial charge < -0.3 is 37.0 Å². The number of carboxylic acids is 1. The van der Waals surface area contributed by atoms with Crippen LogP contribution in [0, 0.1) is 0 Å². The van der Waals surface area contributed by atoms with Crippen molar-refractivity contribution in [3.63, 3.8) is 0 Å². The SMILES string of the molecule is CCC(=O)N[C@H](Cc1cccs1)C(=O)N[C@@H](Cc1ccc(-c2ccccc2)cc1)C(=O)N[C@H](CCc1ccccc1)C(=O)N[C@@H](Cc1ccc(NC=O)cc1)C(=O)NC(C)(C)C(=O)O. The summed E-state index contributed by atoms with van der Waals surface area (Å²) < 4.78 is 0. The molecule has 4 atom stereocenters. The quantitative estimate of drug-likeness (QED) is 0.0444. The summed E-state index contributed by atoms with van der Waals surface area (Å²) in [6.45, 7) is 4.31. The molecule has 0 aliphatic rings. The van der Waals surface area contributed by atoms with E-state index < -0.39 is 59.3 Å². The number of aliphatic carboxylic acids is 1. The number of hydrogen-bond acceptors (Lipinski definition) is 8. The summed E-state index contributed by atoms with van der Waals surface area (Å²) >= 11 is 1.43. The van der Waals surface area contributed by atoms with Crippen LogP contribution in [0.2, 0.25) is 0 Å². The number of aryl methyl sites for hydroxylation is 1. The van der Waals surface area contributed by atoms with E-state index in [2.05, 4.69) is 31.9 Å². The van der Waals surface area contributed by atoms with Crippen molar-refractivity contribution >= 4 is 58.9 Å². The molecule has 64 heavy (non-hydrogen) atoms. The summed E-state index contributed by atoms with van der Waals surface area (Å²) in [7, 11) is 0. The van der Waals surface area contributed by atoms with Gasteiger partial charge in [0.15, 0.2) is 0 Å². The first-order chi connectivity index (χ1) is 30.7. The molecule has 334 valence electrons. The summed E-state index contributed by atoms with van der Waals surface area (Å²) in [5, 5.41) is 28.0. The first-order valence-corrected chi connectivity index (χ1v) is 21.9. The fourth-order valence-electron chi connectivity index (χ4n) is 6.78. The predicted octanol–water partition coefficient (Wildman–Crippen LogP) is 4.97. The Hall–Kier alpha value is -7.13. The average Bonchev–Trinajstić information content (AvgIpc) is 3.81. The Morgan fingerprint density at radius 3 is 1.66 bits per heavy atom. The number of nitrogens with one attached hydrogen (secondary N) is 6. The molecule has 1 heterocycles. The highest BCUT2D eigenvalue weighted by Crippen LogP contribution is 2.21. The second-order valence-electron chi connectivity index (χ2n) is 15.8. The Bertz CT molecular complexity index is 2340. The van der Waals surface area contributed by atoms with Gasteiger partial charge >= 0.3 is 5.97 Å². The summed E-state index contributed by atoms with van der Waals surface area (Å²) in [4.78, 5) is 93.5. The fourth-order valence-corrected chi connectivity index (χ4v) is 7.54. The lowest BCUT2D eigenvalue weighted by Crippen LogP contribution is -2.60. The molecule has 0 fully saturated rings. The third-order valence-corrected chi connectivity index (χ3v) is 11.4. The van der Waals surface area contributed by atoms with Crippen LogP contribution < -0.4 is 31.9 Å².